The molecule has 1 aromatic rings. The molecule has 0 spiro atoms. The van der Waals surface area contributed by atoms with Crippen LogP contribution in [0.2, 0.25) is 0 Å². The molecule has 0 saturated carbocycles. The lowest BCUT2D eigenvalue weighted by molar-refractivity contribution is -0.121. The Balaban J connectivity index is 0.00000729. The Morgan fingerprint density at radius 3 is 2.61 bits per heavy atom. The van der Waals surface area contributed by atoms with Gasteiger partial charge in [-0.2, -0.15) is 0 Å². The molecule has 0 aliphatic rings. The van der Waals surface area contributed by atoms with E-state index >= 15 is 0 Å². The zero-order valence-corrected chi connectivity index (χ0v) is 17.0. The minimum atomic E-state index is -0.467. The van der Waals surface area contributed by atoms with Crippen molar-refractivity contribution in [1.29, 1.82) is 5.53 Å². The predicted octanol–water partition coefficient (Wildman–Crippen LogP) is 1.63. The van der Waals surface area contributed by atoms with Gasteiger partial charge in [0, 0.05) is 31.3 Å². The highest BCUT2D eigenvalue weighted by Gasteiger charge is 2.04. The highest BCUT2D eigenvalue weighted by molar-refractivity contribution is 7.80. The number of aromatic nitrogens is 2. The topological polar surface area (TPSA) is 161 Å². The molecule has 3 amide bonds. The van der Waals surface area contributed by atoms with E-state index in [0.717, 1.165) is 0 Å². The van der Waals surface area contributed by atoms with Crippen LogP contribution < -0.4 is 21.5 Å². The van der Waals surface area contributed by atoms with Gasteiger partial charge in [-0.05, 0) is 38.4 Å². The molecule has 5 N–H and O–H groups in total. The van der Waals surface area contributed by atoms with Crippen LogP contribution in [0, 0.1) is 12.5 Å². The highest BCUT2D eigenvalue weighted by Crippen LogP contribution is 1.96. The molecule has 1 heterocycles. The van der Waals surface area contributed by atoms with Crippen molar-refractivity contribution in [1.82, 2.24) is 20.6 Å². The van der Waals surface area contributed by atoms with Gasteiger partial charge in [-0.3, -0.25) is 19.9 Å². The molecule has 0 radical (unpaired) electrons. The molecule has 0 atom stereocenters. The van der Waals surface area contributed by atoms with Crippen LogP contribution in [0.5, 0.6) is 0 Å². The smallest absolute Gasteiger partial charge is 0.321 e. The summed E-state index contributed by atoms with van der Waals surface area (Å²) in [6.45, 7) is 2.81. The van der Waals surface area contributed by atoms with E-state index in [1.165, 1.54) is 6.07 Å². The van der Waals surface area contributed by atoms with E-state index < -0.39 is 6.03 Å². The van der Waals surface area contributed by atoms with Crippen molar-refractivity contribution in [2.75, 3.05) is 25.0 Å². The summed E-state index contributed by atoms with van der Waals surface area (Å²) in [6.07, 6.45) is 2.15. The van der Waals surface area contributed by atoms with Gasteiger partial charge in [-0.25, -0.2) is 15.3 Å². The molecule has 1 aromatic heterocycles. The molecular formula is C15H24ClN7O4S. The number of urea groups is 1. The van der Waals surface area contributed by atoms with Crippen LogP contribution in [0.1, 0.15) is 31.4 Å². The monoisotopic (exact) mass is 433 g/mol. The minimum Gasteiger partial charge on any atom is -0.468 e. The summed E-state index contributed by atoms with van der Waals surface area (Å²) in [5, 5.41) is 10.6. The lowest BCUT2D eigenvalue weighted by Gasteiger charge is -2.08. The summed E-state index contributed by atoms with van der Waals surface area (Å²) in [5.41, 5.74) is 6.77. The Morgan fingerprint density at radius 1 is 1.29 bits per heavy atom. The molecule has 0 aromatic carbocycles. The van der Waals surface area contributed by atoms with Crippen molar-refractivity contribution in [3.05, 3.63) is 22.1 Å². The van der Waals surface area contributed by atoms with Gasteiger partial charge in [0.2, 0.25) is 11.9 Å². The first-order chi connectivity index (χ1) is 12.9. The fourth-order valence-corrected chi connectivity index (χ4v) is 2.07. The second-order valence-corrected chi connectivity index (χ2v) is 5.85. The number of unbranched alkanes of at least 4 members (excludes halogenated alkanes) is 1. The van der Waals surface area contributed by atoms with Crippen molar-refractivity contribution in [3.63, 3.8) is 0 Å². The number of rotatable bonds is 10. The molecule has 0 fully saturated rings. The van der Waals surface area contributed by atoms with Gasteiger partial charge in [-0.1, -0.05) is 0 Å². The fourth-order valence-electron chi connectivity index (χ4n) is 1.98. The quantitative estimate of drug-likeness (QED) is 0.214. The molecule has 0 bridgehead atoms. The standard InChI is InChI=1S/C15H23N7O4S.ClH/c1-10-9-12(24)20-13(19-10)21-14(25)18-7-3-2-6-17-11(23)5-4-8-26-15(27)22-16;/h9,16H,2-8H2,1H3,(H,17,23)(H3,18,19,20,21,24,25);1H. The molecule has 0 aliphatic heterocycles. The van der Waals surface area contributed by atoms with E-state index in [1.807, 2.05) is 0 Å². The Hall–Kier alpha value is -2.60. The third kappa shape index (κ3) is 11.9. The number of ether oxygens (including phenoxy) is 1. The Morgan fingerprint density at radius 2 is 1.96 bits per heavy atom. The zero-order valence-electron chi connectivity index (χ0n) is 15.4. The van der Waals surface area contributed by atoms with E-state index in [2.05, 4.69) is 43.3 Å². The van der Waals surface area contributed by atoms with Crippen molar-refractivity contribution >= 4 is 47.7 Å². The minimum absolute atomic E-state index is 0. The SMILES string of the molecule is Cc1cc(=O)[nH]c(NC(=O)NCCCCNC(=O)CCCOC(=S)N=N)n1.Cl. The van der Waals surface area contributed by atoms with Crippen molar-refractivity contribution in [2.24, 2.45) is 5.11 Å². The third-order valence-corrected chi connectivity index (χ3v) is 3.39. The lowest BCUT2D eigenvalue weighted by Crippen LogP contribution is -2.31. The van der Waals surface area contributed by atoms with E-state index in [0.29, 0.717) is 44.5 Å². The molecule has 13 heteroatoms. The van der Waals surface area contributed by atoms with Crippen LogP contribution in [-0.2, 0) is 9.53 Å². The first-order valence-electron chi connectivity index (χ1n) is 8.34. The van der Waals surface area contributed by atoms with Gasteiger partial charge >= 0.3 is 11.2 Å². The zero-order chi connectivity index (χ0) is 20.1. The Labute approximate surface area is 173 Å². The van der Waals surface area contributed by atoms with E-state index in [4.69, 9.17) is 10.3 Å². The van der Waals surface area contributed by atoms with Crippen LogP contribution in [0.15, 0.2) is 16.0 Å². The first-order valence-corrected chi connectivity index (χ1v) is 8.75. The first kappa shape index (κ1) is 25.4. The summed E-state index contributed by atoms with van der Waals surface area (Å²) in [7, 11) is 0. The van der Waals surface area contributed by atoms with Gasteiger partial charge in [-0.15, -0.1) is 17.5 Å². The Bertz CT molecular complexity index is 729. The number of hydrogen-bond donors (Lipinski definition) is 5. The maximum Gasteiger partial charge on any atom is 0.321 e. The molecule has 11 nitrogen and oxygen atoms in total. The van der Waals surface area contributed by atoms with Crippen molar-refractivity contribution in [3.8, 4) is 0 Å². The average Bonchev–Trinajstić information content (AvgIpc) is 2.60. The van der Waals surface area contributed by atoms with E-state index in [1.54, 1.807) is 6.92 Å². The van der Waals surface area contributed by atoms with Gasteiger partial charge in [0.05, 0.1) is 6.61 Å². The van der Waals surface area contributed by atoms with Gasteiger partial charge < -0.3 is 15.4 Å². The fraction of sp³-hybridized carbons (Fsp3) is 0.533. The lowest BCUT2D eigenvalue weighted by atomic mass is 10.3. The number of nitrogens with one attached hydrogen (secondary N) is 5. The molecule has 28 heavy (non-hydrogen) atoms. The maximum absolute atomic E-state index is 11.7. The predicted molar refractivity (Wildman–Crippen MR) is 109 cm³/mol. The number of carbonyl (C=O) groups is 2. The largest absolute Gasteiger partial charge is 0.468 e. The molecule has 0 aliphatic carbocycles. The molecular weight excluding hydrogens is 410 g/mol. The number of carbonyl (C=O) groups excluding carboxylic acids is 2. The molecule has 0 saturated heterocycles. The maximum atomic E-state index is 11.7. The highest BCUT2D eigenvalue weighted by atomic mass is 35.5. The van der Waals surface area contributed by atoms with Crippen LogP contribution in [0.25, 0.3) is 0 Å². The number of aromatic amines is 1. The third-order valence-electron chi connectivity index (χ3n) is 3.18. The molecule has 1 rings (SSSR count). The second-order valence-electron chi connectivity index (χ2n) is 5.50. The summed E-state index contributed by atoms with van der Waals surface area (Å²) in [6, 6.07) is 0.859. The van der Waals surface area contributed by atoms with Crippen molar-refractivity contribution in [2.45, 2.75) is 32.6 Å². The Kier molecular flexibility index (Phi) is 13.1. The number of halogens is 1. The van der Waals surface area contributed by atoms with Gasteiger partial charge in [0.25, 0.3) is 5.56 Å². The number of aryl methyl sites for hydroxylation is 1. The number of nitrogens with zero attached hydrogens (tertiary/aromatic N) is 2. The molecule has 156 valence electrons. The summed E-state index contributed by atoms with van der Waals surface area (Å²) >= 11 is 4.58. The molecule has 0 unspecified atom stereocenters. The van der Waals surface area contributed by atoms with Crippen LogP contribution >= 0.6 is 24.6 Å². The number of thiocarbonyl (C=S) groups is 1. The second kappa shape index (κ2) is 14.5. The van der Waals surface area contributed by atoms with Crippen LogP contribution in [0.3, 0.4) is 0 Å². The summed E-state index contributed by atoms with van der Waals surface area (Å²) in [4.78, 5) is 41.0. The number of hydrogen-bond acceptors (Lipinski definition) is 7. The number of amides is 3. The van der Waals surface area contributed by atoms with Gasteiger partial charge in [0.15, 0.2) is 0 Å². The average molecular weight is 434 g/mol. The van der Waals surface area contributed by atoms with Crippen LogP contribution in [0.4, 0.5) is 10.7 Å². The number of H-pyrrole nitrogens is 1. The van der Waals surface area contributed by atoms with E-state index in [-0.39, 0.29) is 41.6 Å². The number of anilines is 1. The summed E-state index contributed by atoms with van der Waals surface area (Å²) < 4.78 is 4.90. The summed E-state index contributed by atoms with van der Waals surface area (Å²) in [5.74, 6) is -0.0154. The normalized spacial score (nSPS) is 9.61. The van der Waals surface area contributed by atoms with Gasteiger partial charge in [0.1, 0.15) is 0 Å². The van der Waals surface area contributed by atoms with E-state index in [9.17, 15) is 14.4 Å². The van der Waals surface area contributed by atoms with Crippen LogP contribution in [-0.4, -0.2) is 46.8 Å². The van der Waals surface area contributed by atoms with Crippen molar-refractivity contribution < 1.29 is 14.3 Å².